The molecule has 0 aliphatic rings. The first kappa shape index (κ1) is 15.3. The normalized spacial score (nSPS) is 12.4. The molecule has 4 aromatic rings. The van der Waals surface area contributed by atoms with Crippen molar-refractivity contribution in [1.29, 1.82) is 0 Å². The van der Waals surface area contributed by atoms with E-state index in [2.05, 4.69) is 30.4 Å². The first-order valence-corrected chi connectivity index (χ1v) is 7.84. The van der Waals surface area contributed by atoms with Crippen molar-refractivity contribution in [2.75, 3.05) is 5.32 Å². The van der Waals surface area contributed by atoms with Crippen LogP contribution in [0.5, 0.6) is 0 Å². The van der Waals surface area contributed by atoms with Crippen molar-refractivity contribution < 1.29 is 4.39 Å². The molecule has 0 aliphatic carbocycles. The van der Waals surface area contributed by atoms with Crippen LogP contribution >= 0.6 is 0 Å². The fraction of sp³-hybridized carbons (Fsp3) is 0.176. The van der Waals surface area contributed by atoms with Crippen molar-refractivity contribution in [1.82, 2.24) is 29.7 Å². The van der Waals surface area contributed by atoms with Crippen LogP contribution in [0.1, 0.15) is 24.2 Å². The number of benzene rings is 1. The van der Waals surface area contributed by atoms with E-state index in [1.165, 1.54) is 18.5 Å². The molecule has 0 saturated carbocycles. The van der Waals surface area contributed by atoms with Crippen molar-refractivity contribution >= 4 is 17.0 Å². The van der Waals surface area contributed by atoms with Crippen LogP contribution in [-0.2, 0) is 0 Å². The molecule has 126 valence electrons. The molecule has 0 saturated heterocycles. The van der Waals surface area contributed by atoms with Crippen LogP contribution in [0.3, 0.4) is 0 Å². The molecule has 1 aromatic carbocycles. The van der Waals surface area contributed by atoms with Gasteiger partial charge in [-0.25, -0.2) is 24.0 Å². The molecule has 0 spiro atoms. The molecule has 7 nitrogen and oxygen atoms in total. The summed E-state index contributed by atoms with van der Waals surface area (Å²) >= 11 is 0. The summed E-state index contributed by atoms with van der Waals surface area (Å²) in [6.07, 6.45) is 4.88. The van der Waals surface area contributed by atoms with E-state index in [0.717, 1.165) is 22.5 Å². The molecule has 0 amide bonds. The third-order valence-corrected chi connectivity index (χ3v) is 4.16. The molecule has 2 N–H and O–H groups in total. The average molecular weight is 337 g/mol. The number of hydrogen-bond donors (Lipinski definition) is 2. The van der Waals surface area contributed by atoms with Gasteiger partial charge in [-0.2, -0.15) is 5.10 Å². The van der Waals surface area contributed by atoms with Gasteiger partial charge in [-0.05, 0) is 38.1 Å². The second-order valence-corrected chi connectivity index (χ2v) is 5.76. The topological polar surface area (TPSA) is 84.3 Å². The molecule has 8 heteroatoms. The first-order valence-electron chi connectivity index (χ1n) is 7.84. The number of hydrogen-bond acceptors (Lipinski definition) is 5. The van der Waals surface area contributed by atoms with Gasteiger partial charge in [0.1, 0.15) is 17.7 Å². The fourth-order valence-electron chi connectivity index (χ4n) is 2.85. The zero-order chi connectivity index (χ0) is 17.4. The zero-order valence-electron chi connectivity index (χ0n) is 13.7. The minimum absolute atomic E-state index is 0.0319. The second-order valence-electron chi connectivity index (χ2n) is 5.76. The minimum atomic E-state index is -0.267. The molecule has 1 unspecified atom stereocenters. The van der Waals surface area contributed by atoms with Crippen LogP contribution in [0.2, 0.25) is 0 Å². The number of fused-ring (bicyclic) bond motifs is 1. The molecular formula is C17H16FN7. The van der Waals surface area contributed by atoms with Gasteiger partial charge in [0.2, 0.25) is 0 Å². The van der Waals surface area contributed by atoms with Crippen molar-refractivity contribution in [3.05, 3.63) is 60.2 Å². The maximum Gasteiger partial charge on any atom is 0.182 e. The Bertz CT molecular complexity index is 1020. The van der Waals surface area contributed by atoms with Gasteiger partial charge in [0.15, 0.2) is 11.5 Å². The lowest BCUT2D eigenvalue weighted by molar-refractivity contribution is 0.627. The second kappa shape index (κ2) is 5.97. The highest BCUT2D eigenvalue weighted by atomic mass is 19.1. The summed E-state index contributed by atoms with van der Waals surface area (Å²) in [7, 11) is 0. The smallest absolute Gasteiger partial charge is 0.182 e. The highest BCUT2D eigenvalue weighted by Crippen LogP contribution is 2.25. The number of imidazole rings is 1. The van der Waals surface area contributed by atoms with E-state index in [1.807, 2.05) is 20.0 Å². The van der Waals surface area contributed by atoms with Gasteiger partial charge in [-0.15, -0.1) is 0 Å². The monoisotopic (exact) mass is 337 g/mol. The van der Waals surface area contributed by atoms with Crippen LogP contribution in [-0.4, -0.2) is 29.7 Å². The van der Waals surface area contributed by atoms with Gasteiger partial charge < -0.3 is 10.3 Å². The predicted molar refractivity (Wildman–Crippen MR) is 92.0 cm³/mol. The summed E-state index contributed by atoms with van der Waals surface area (Å²) < 4.78 is 14.9. The lowest BCUT2D eigenvalue weighted by Gasteiger charge is -2.15. The Balaban J connectivity index is 1.64. The summed E-state index contributed by atoms with van der Waals surface area (Å²) in [6, 6.07) is 6.22. The van der Waals surface area contributed by atoms with Crippen LogP contribution < -0.4 is 5.32 Å². The lowest BCUT2D eigenvalue weighted by Crippen LogP contribution is -2.10. The van der Waals surface area contributed by atoms with Gasteiger partial charge in [-0.1, -0.05) is 0 Å². The standard InChI is InChI=1S/C17H16FN7/c1-10(24-17-15-16(20-8-19-15)21-9-22-17)14-7-23-25(11(14)2)13-5-3-12(18)4-6-13/h3-10H,1-2H3,(H2,19,20,21,22,24). The zero-order valence-corrected chi connectivity index (χ0v) is 13.7. The third kappa shape index (κ3) is 2.71. The highest BCUT2D eigenvalue weighted by molar-refractivity contribution is 5.82. The lowest BCUT2D eigenvalue weighted by atomic mass is 10.1. The SMILES string of the molecule is Cc1c(C(C)Nc2ncnc3nc[nH]c23)cnn1-c1ccc(F)cc1. The maximum absolute atomic E-state index is 13.1. The minimum Gasteiger partial charge on any atom is -0.362 e. The molecule has 3 aromatic heterocycles. The van der Waals surface area contributed by atoms with Crippen molar-refractivity contribution in [2.45, 2.75) is 19.9 Å². The van der Waals surface area contributed by atoms with Crippen LogP contribution in [0.25, 0.3) is 16.9 Å². The molecule has 0 bridgehead atoms. The van der Waals surface area contributed by atoms with E-state index in [4.69, 9.17) is 0 Å². The number of rotatable bonds is 4. The summed E-state index contributed by atoms with van der Waals surface area (Å²) in [4.78, 5) is 15.6. The van der Waals surface area contributed by atoms with E-state index < -0.39 is 0 Å². The van der Waals surface area contributed by atoms with Gasteiger partial charge in [-0.3, -0.25) is 0 Å². The Kier molecular flexibility index (Phi) is 3.64. The molecule has 0 fully saturated rings. The Hall–Kier alpha value is -3.29. The fourth-order valence-corrected chi connectivity index (χ4v) is 2.85. The van der Waals surface area contributed by atoms with Gasteiger partial charge >= 0.3 is 0 Å². The Morgan fingerprint density at radius 2 is 1.96 bits per heavy atom. The van der Waals surface area contributed by atoms with E-state index in [-0.39, 0.29) is 11.9 Å². The van der Waals surface area contributed by atoms with E-state index in [9.17, 15) is 4.39 Å². The molecule has 1 atom stereocenters. The van der Waals surface area contributed by atoms with Crippen molar-refractivity contribution in [3.63, 3.8) is 0 Å². The van der Waals surface area contributed by atoms with Crippen LogP contribution in [0, 0.1) is 12.7 Å². The Labute approximate surface area is 143 Å². The number of aromatic nitrogens is 6. The molecule has 4 rings (SSSR count). The maximum atomic E-state index is 13.1. The first-order chi connectivity index (χ1) is 12.1. The highest BCUT2D eigenvalue weighted by Gasteiger charge is 2.16. The summed E-state index contributed by atoms with van der Waals surface area (Å²) in [5, 5.41) is 7.80. The molecule has 0 aliphatic heterocycles. The molecular weight excluding hydrogens is 321 g/mol. The number of halogens is 1. The largest absolute Gasteiger partial charge is 0.362 e. The van der Waals surface area contributed by atoms with Crippen molar-refractivity contribution in [2.24, 2.45) is 0 Å². The van der Waals surface area contributed by atoms with E-state index >= 15 is 0 Å². The summed E-state index contributed by atoms with van der Waals surface area (Å²) in [5.74, 6) is 0.417. The summed E-state index contributed by atoms with van der Waals surface area (Å²) in [6.45, 7) is 4.01. The third-order valence-electron chi connectivity index (χ3n) is 4.16. The van der Waals surface area contributed by atoms with Gasteiger partial charge in [0, 0.05) is 11.3 Å². The number of nitrogens with zero attached hydrogens (tertiary/aromatic N) is 5. The summed E-state index contributed by atoms with van der Waals surface area (Å²) in [5.41, 5.74) is 4.19. The number of nitrogens with one attached hydrogen (secondary N) is 2. The van der Waals surface area contributed by atoms with Gasteiger partial charge in [0.05, 0.1) is 24.3 Å². The van der Waals surface area contributed by atoms with Crippen LogP contribution in [0.4, 0.5) is 10.2 Å². The van der Waals surface area contributed by atoms with E-state index in [1.54, 1.807) is 23.1 Å². The van der Waals surface area contributed by atoms with Crippen LogP contribution in [0.15, 0.2) is 43.1 Å². The Morgan fingerprint density at radius 3 is 2.76 bits per heavy atom. The molecule has 25 heavy (non-hydrogen) atoms. The van der Waals surface area contributed by atoms with E-state index in [0.29, 0.717) is 11.5 Å². The van der Waals surface area contributed by atoms with Crippen molar-refractivity contribution in [3.8, 4) is 5.69 Å². The van der Waals surface area contributed by atoms with Gasteiger partial charge in [0.25, 0.3) is 0 Å². The predicted octanol–water partition coefficient (Wildman–Crippen LogP) is 3.16. The molecule has 0 radical (unpaired) electrons. The number of H-pyrrole nitrogens is 1. The molecule has 3 heterocycles. The average Bonchev–Trinajstić information content (AvgIpc) is 3.23. The quantitative estimate of drug-likeness (QED) is 0.597. The number of aromatic amines is 1. The Morgan fingerprint density at radius 1 is 1.16 bits per heavy atom. The number of anilines is 1.